The Hall–Kier alpha value is -2.12. The molecule has 5 rings (SSSR count). The Morgan fingerprint density at radius 1 is 1.23 bits per heavy atom. The minimum Gasteiger partial charge on any atom is -0.446 e. The number of amides is 1. The molecule has 6 nitrogen and oxygen atoms in total. The van der Waals surface area contributed by atoms with Gasteiger partial charge in [-0.1, -0.05) is 18.2 Å². The monoisotopic (exact) mass is 485 g/mol. The number of rotatable bonds is 4. The van der Waals surface area contributed by atoms with Crippen LogP contribution in [0.25, 0.3) is 16.5 Å². The normalized spacial score (nSPS) is 22.8. The van der Waals surface area contributed by atoms with Crippen LogP contribution in [-0.2, 0) is 16.0 Å². The standard InChI is InChI=1S/C24H28BrN3O3/c1-4-27(5-2)23(29)14-11-17-16-7-6-8-19-21(16)18(12-20(17)26(3)13-14)22(25)28(19)24(30)31-15-9-10-15/h6-8,11,14-15,20H,4-5,9-10,12-13H2,1-3H3/t14-,20-/m1/s1. The first-order chi connectivity index (χ1) is 14.9. The number of halogens is 1. The van der Waals surface area contributed by atoms with Crippen LogP contribution in [0.2, 0.25) is 0 Å². The van der Waals surface area contributed by atoms with Crippen molar-refractivity contribution >= 4 is 44.4 Å². The van der Waals surface area contributed by atoms with Crippen LogP contribution >= 0.6 is 15.9 Å². The van der Waals surface area contributed by atoms with Gasteiger partial charge in [-0.2, -0.15) is 0 Å². The number of benzene rings is 1. The number of likely N-dealkylation sites (N-methyl/N-ethyl adjacent to an activating group) is 1. The van der Waals surface area contributed by atoms with Crippen molar-refractivity contribution in [3.63, 3.8) is 0 Å². The Labute approximate surface area is 190 Å². The molecule has 0 saturated heterocycles. The molecule has 1 aromatic carbocycles. The van der Waals surface area contributed by atoms with Crippen molar-refractivity contribution in [3.05, 3.63) is 40.0 Å². The molecule has 2 heterocycles. The SMILES string of the molecule is CCN(CC)C(=O)[C@@H]1C=C2c3cccc4c3c(c(Br)n4C(=O)OC3CC3)C[C@H]2N(C)C1. The molecule has 0 unspecified atom stereocenters. The quantitative estimate of drug-likeness (QED) is 0.647. The highest BCUT2D eigenvalue weighted by atomic mass is 79.9. The average Bonchev–Trinajstić information content (AvgIpc) is 3.53. The summed E-state index contributed by atoms with van der Waals surface area (Å²) in [7, 11) is 2.09. The maximum atomic E-state index is 13.1. The van der Waals surface area contributed by atoms with E-state index in [1.165, 1.54) is 5.57 Å². The molecular weight excluding hydrogens is 458 g/mol. The summed E-state index contributed by atoms with van der Waals surface area (Å²) in [5.74, 6) is 0.0332. The minimum atomic E-state index is -0.315. The maximum Gasteiger partial charge on any atom is 0.419 e. The minimum absolute atomic E-state index is 0.0527. The number of hydrogen-bond acceptors (Lipinski definition) is 4. The van der Waals surface area contributed by atoms with Crippen LogP contribution in [-0.4, -0.2) is 65.2 Å². The molecule has 1 aromatic heterocycles. The zero-order chi connectivity index (χ0) is 21.9. The van der Waals surface area contributed by atoms with E-state index in [1.54, 1.807) is 4.57 Å². The molecule has 2 aromatic rings. The summed E-state index contributed by atoms with van der Waals surface area (Å²) in [4.78, 5) is 30.2. The van der Waals surface area contributed by atoms with Gasteiger partial charge < -0.3 is 9.64 Å². The number of carbonyl (C=O) groups is 2. The van der Waals surface area contributed by atoms with E-state index in [2.05, 4.69) is 40.0 Å². The third-order valence-electron chi connectivity index (χ3n) is 6.86. The summed E-state index contributed by atoms with van der Waals surface area (Å²) in [6.45, 7) is 6.20. The van der Waals surface area contributed by atoms with Crippen molar-refractivity contribution in [2.24, 2.45) is 5.92 Å². The molecule has 7 heteroatoms. The van der Waals surface area contributed by atoms with Gasteiger partial charge in [0.1, 0.15) is 6.10 Å². The fraction of sp³-hybridized carbons (Fsp3) is 0.500. The topological polar surface area (TPSA) is 54.8 Å². The van der Waals surface area contributed by atoms with Crippen molar-refractivity contribution in [3.8, 4) is 0 Å². The lowest BCUT2D eigenvalue weighted by atomic mass is 9.79. The lowest BCUT2D eigenvalue weighted by molar-refractivity contribution is -0.134. The number of carbonyl (C=O) groups excluding carboxylic acids is 2. The van der Waals surface area contributed by atoms with E-state index >= 15 is 0 Å². The number of fused-ring (bicyclic) bond motifs is 2. The van der Waals surface area contributed by atoms with Crippen LogP contribution in [0.15, 0.2) is 28.9 Å². The van der Waals surface area contributed by atoms with Crippen LogP contribution in [0, 0.1) is 5.92 Å². The summed E-state index contributed by atoms with van der Waals surface area (Å²) in [6, 6.07) is 6.27. The third kappa shape index (κ3) is 3.33. The lowest BCUT2D eigenvalue weighted by Crippen LogP contribution is -2.47. The Kier molecular flexibility index (Phi) is 5.21. The van der Waals surface area contributed by atoms with Gasteiger partial charge in [0.05, 0.1) is 16.0 Å². The van der Waals surface area contributed by atoms with Gasteiger partial charge in [-0.05, 0) is 78.9 Å². The van der Waals surface area contributed by atoms with Gasteiger partial charge in [0.25, 0.3) is 0 Å². The second-order valence-corrected chi connectivity index (χ2v) is 9.54. The van der Waals surface area contributed by atoms with E-state index in [0.717, 1.165) is 59.0 Å². The molecule has 164 valence electrons. The first kappa shape index (κ1) is 20.8. The highest BCUT2D eigenvalue weighted by Crippen LogP contribution is 2.45. The molecule has 2 atom stereocenters. The third-order valence-corrected chi connectivity index (χ3v) is 7.70. The van der Waals surface area contributed by atoms with Crippen molar-refractivity contribution in [2.75, 3.05) is 26.7 Å². The fourth-order valence-electron chi connectivity index (χ4n) is 5.08. The van der Waals surface area contributed by atoms with Gasteiger partial charge in [0.2, 0.25) is 5.91 Å². The molecule has 1 saturated carbocycles. The van der Waals surface area contributed by atoms with Crippen LogP contribution in [0.5, 0.6) is 0 Å². The summed E-state index contributed by atoms with van der Waals surface area (Å²) < 4.78 is 8.07. The van der Waals surface area contributed by atoms with Gasteiger partial charge in [-0.3, -0.25) is 9.69 Å². The second kappa shape index (κ2) is 7.78. The van der Waals surface area contributed by atoms with Gasteiger partial charge in [-0.25, -0.2) is 9.36 Å². The van der Waals surface area contributed by atoms with E-state index in [0.29, 0.717) is 6.54 Å². The molecule has 0 spiro atoms. The van der Waals surface area contributed by atoms with E-state index in [1.807, 2.05) is 30.9 Å². The Morgan fingerprint density at radius 2 is 1.97 bits per heavy atom. The molecule has 3 aliphatic rings. The molecule has 1 aliphatic heterocycles. The van der Waals surface area contributed by atoms with Crippen LogP contribution in [0.1, 0.15) is 37.8 Å². The first-order valence-corrected chi connectivity index (χ1v) is 12.0. The Bertz CT molecular complexity index is 1100. The molecule has 31 heavy (non-hydrogen) atoms. The maximum absolute atomic E-state index is 13.1. The lowest BCUT2D eigenvalue weighted by Gasteiger charge is -2.40. The largest absolute Gasteiger partial charge is 0.446 e. The van der Waals surface area contributed by atoms with Gasteiger partial charge >= 0.3 is 6.09 Å². The molecular formula is C24H28BrN3O3. The smallest absolute Gasteiger partial charge is 0.419 e. The number of aromatic nitrogens is 1. The summed E-state index contributed by atoms with van der Waals surface area (Å²) in [5.41, 5.74) is 4.31. The fourth-order valence-corrected chi connectivity index (χ4v) is 5.77. The molecule has 1 fully saturated rings. The number of ether oxygens (including phenoxy) is 1. The highest BCUT2D eigenvalue weighted by Gasteiger charge is 2.39. The first-order valence-electron chi connectivity index (χ1n) is 11.2. The summed E-state index contributed by atoms with van der Waals surface area (Å²) in [5, 5.41) is 1.09. The van der Waals surface area contributed by atoms with E-state index < -0.39 is 0 Å². The van der Waals surface area contributed by atoms with Crippen molar-refractivity contribution in [1.82, 2.24) is 14.4 Å². The zero-order valence-corrected chi connectivity index (χ0v) is 19.8. The second-order valence-electron chi connectivity index (χ2n) is 8.79. The number of hydrogen-bond donors (Lipinski definition) is 0. The highest BCUT2D eigenvalue weighted by molar-refractivity contribution is 9.10. The summed E-state index contributed by atoms with van der Waals surface area (Å²) >= 11 is 3.71. The molecule has 0 bridgehead atoms. The van der Waals surface area contributed by atoms with E-state index in [9.17, 15) is 9.59 Å². The Morgan fingerprint density at radius 3 is 2.65 bits per heavy atom. The van der Waals surface area contributed by atoms with Crippen molar-refractivity contribution in [2.45, 2.75) is 45.3 Å². The molecule has 0 radical (unpaired) electrons. The zero-order valence-electron chi connectivity index (χ0n) is 18.2. The summed E-state index contributed by atoms with van der Waals surface area (Å²) in [6.07, 6.45) is 4.61. The van der Waals surface area contributed by atoms with Gasteiger partial charge in [-0.15, -0.1) is 0 Å². The number of nitrogens with zero attached hydrogens (tertiary/aromatic N) is 3. The van der Waals surface area contributed by atoms with Crippen molar-refractivity contribution in [1.29, 1.82) is 0 Å². The molecule has 2 aliphatic carbocycles. The van der Waals surface area contributed by atoms with Crippen LogP contribution in [0.4, 0.5) is 4.79 Å². The molecule has 0 N–H and O–H groups in total. The predicted molar refractivity (Wildman–Crippen MR) is 124 cm³/mol. The van der Waals surface area contributed by atoms with E-state index in [4.69, 9.17) is 4.74 Å². The van der Waals surface area contributed by atoms with Gasteiger partial charge in [0, 0.05) is 31.1 Å². The average molecular weight is 486 g/mol. The van der Waals surface area contributed by atoms with Crippen LogP contribution < -0.4 is 0 Å². The molecule has 1 amide bonds. The van der Waals surface area contributed by atoms with Crippen LogP contribution in [0.3, 0.4) is 0 Å². The van der Waals surface area contributed by atoms with Crippen molar-refractivity contribution < 1.29 is 14.3 Å². The predicted octanol–water partition coefficient (Wildman–Crippen LogP) is 4.29. The Balaban J connectivity index is 1.62. The van der Waals surface area contributed by atoms with E-state index in [-0.39, 0.29) is 30.1 Å². The van der Waals surface area contributed by atoms with Gasteiger partial charge in [0.15, 0.2) is 0 Å².